The molecule has 0 heterocycles. The molecule has 0 amide bonds. The minimum Gasteiger partial charge on any atom is -0.388 e. The van der Waals surface area contributed by atoms with E-state index in [1.807, 2.05) is 0 Å². The summed E-state index contributed by atoms with van der Waals surface area (Å²) in [6.07, 6.45) is 0. The van der Waals surface area contributed by atoms with E-state index in [4.69, 9.17) is 14.9 Å². The summed E-state index contributed by atoms with van der Waals surface area (Å²) in [7, 11) is -4.97. The third kappa shape index (κ3) is 4.63. The summed E-state index contributed by atoms with van der Waals surface area (Å²) in [6.45, 7) is -1.14. The molecule has 0 bridgehead atoms. The molecule has 0 saturated heterocycles. The maximum Gasteiger partial charge on any atom is 0.527 e. The predicted octanol–water partition coefficient (Wildman–Crippen LogP) is -1.82. The zero-order valence-corrected chi connectivity index (χ0v) is 6.02. The van der Waals surface area contributed by atoms with Crippen molar-refractivity contribution in [3.63, 3.8) is 0 Å². The van der Waals surface area contributed by atoms with Gasteiger partial charge in [-0.3, -0.25) is 14.6 Å². The number of hydrogen-bond acceptors (Lipinski definition) is 5. The van der Waals surface area contributed by atoms with Gasteiger partial charge in [-0.25, -0.2) is 9.36 Å². The molecule has 11 heavy (non-hydrogen) atoms. The fraction of sp³-hybridized carbons (Fsp3) is 0.333. The van der Waals surface area contributed by atoms with Crippen molar-refractivity contribution in [2.45, 2.75) is 0 Å². The number of aliphatic hydroxyl groups is 1. The molecule has 0 aromatic carbocycles. The molecule has 0 aliphatic rings. The van der Waals surface area contributed by atoms with Gasteiger partial charge in [0.05, 0.1) is 0 Å². The molecule has 0 rings (SSSR count). The van der Waals surface area contributed by atoms with E-state index in [-0.39, 0.29) is 0 Å². The molecule has 0 fully saturated rings. The molecule has 0 aromatic rings. The van der Waals surface area contributed by atoms with Gasteiger partial charge in [-0.2, -0.15) is 0 Å². The highest BCUT2D eigenvalue weighted by molar-refractivity contribution is 7.47. The number of hydrogen-bond donors (Lipinski definition) is 3. The van der Waals surface area contributed by atoms with E-state index in [9.17, 15) is 14.2 Å². The van der Waals surface area contributed by atoms with Gasteiger partial charge in [0, 0.05) is 0 Å². The van der Waals surface area contributed by atoms with Crippen LogP contribution in [0.1, 0.15) is 0 Å². The van der Waals surface area contributed by atoms with E-state index in [1.54, 1.807) is 0 Å². The Hall–Kier alpha value is -0.750. The maximum atomic E-state index is 10.2. The van der Waals surface area contributed by atoms with Crippen molar-refractivity contribution < 1.29 is 33.6 Å². The molecule has 0 atom stereocenters. The Morgan fingerprint density at radius 1 is 1.36 bits per heavy atom. The Morgan fingerprint density at radius 2 is 1.82 bits per heavy atom. The van der Waals surface area contributed by atoms with Gasteiger partial charge in [0.2, 0.25) is 0 Å². The molecular formula is C3H5O7P. The molecule has 0 saturated carbocycles. The van der Waals surface area contributed by atoms with Crippen molar-refractivity contribution in [2.24, 2.45) is 0 Å². The van der Waals surface area contributed by atoms with Gasteiger partial charge >= 0.3 is 13.8 Å². The lowest BCUT2D eigenvalue weighted by molar-refractivity contribution is -0.149. The van der Waals surface area contributed by atoms with Gasteiger partial charge < -0.3 is 9.63 Å². The quantitative estimate of drug-likeness (QED) is 0.348. The molecule has 0 aliphatic carbocycles. The lowest BCUT2D eigenvalue weighted by atomic mass is 10.4. The molecule has 0 unspecified atom stereocenters. The number of carbonyl (C=O) groups excluding carboxylic acids is 2. The fourth-order valence-electron chi connectivity index (χ4n) is 0.223. The largest absolute Gasteiger partial charge is 0.527 e. The first-order valence-corrected chi connectivity index (χ1v) is 3.83. The molecule has 3 N–H and O–H groups in total. The normalized spacial score (nSPS) is 10.8. The monoisotopic (exact) mass is 184 g/mol. The molecule has 0 spiro atoms. The molecule has 64 valence electrons. The average molecular weight is 184 g/mol. The highest BCUT2D eigenvalue weighted by Crippen LogP contribution is 2.35. The Bertz CT molecular complexity index is 214. The summed E-state index contributed by atoms with van der Waals surface area (Å²) in [4.78, 5) is 36.2. The van der Waals surface area contributed by atoms with Crippen LogP contribution < -0.4 is 0 Å². The van der Waals surface area contributed by atoms with Crippen LogP contribution in [0.2, 0.25) is 0 Å². The van der Waals surface area contributed by atoms with Gasteiger partial charge in [0.15, 0.2) is 0 Å². The van der Waals surface area contributed by atoms with E-state index >= 15 is 0 Å². The first kappa shape index (κ1) is 10.2. The van der Waals surface area contributed by atoms with Crippen LogP contribution in [0.15, 0.2) is 0 Å². The summed E-state index contributed by atoms with van der Waals surface area (Å²) in [5.74, 6) is -3.16. The van der Waals surface area contributed by atoms with Crippen LogP contribution in [0.5, 0.6) is 0 Å². The number of rotatable bonds is 3. The number of carbonyl (C=O) groups is 2. The van der Waals surface area contributed by atoms with Gasteiger partial charge in [0.25, 0.3) is 5.78 Å². The Morgan fingerprint density at radius 3 is 2.09 bits per heavy atom. The van der Waals surface area contributed by atoms with Crippen LogP contribution in [0.3, 0.4) is 0 Å². The summed E-state index contributed by atoms with van der Waals surface area (Å²) in [6, 6.07) is 0. The van der Waals surface area contributed by atoms with Crippen LogP contribution in [0.25, 0.3) is 0 Å². The zero-order valence-electron chi connectivity index (χ0n) is 5.13. The lowest BCUT2D eigenvalue weighted by Gasteiger charge is -2.01. The third-order valence-electron chi connectivity index (χ3n) is 0.573. The maximum absolute atomic E-state index is 10.2. The second-order valence-corrected chi connectivity index (χ2v) is 2.61. The van der Waals surface area contributed by atoms with Crippen molar-refractivity contribution in [3.8, 4) is 0 Å². The minimum atomic E-state index is -4.97. The average Bonchev–Trinajstić information content (AvgIpc) is 1.82. The Balaban J connectivity index is 4.10. The summed E-state index contributed by atoms with van der Waals surface area (Å²) in [5.41, 5.74) is 0. The van der Waals surface area contributed by atoms with Crippen LogP contribution in [-0.4, -0.2) is 33.3 Å². The van der Waals surface area contributed by atoms with Crippen molar-refractivity contribution >= 4 is 19.6 Å². The highest BCUT2D eigenvalue weighted by atomic mass is 31.2. The van der Waals surface area contributed by atoms with Gasteiger partial charge in [-0.1, -0.05) is 0 Å². The van der Waals surface area contributed by atoms with E-state index < -0.39 is 26.2 Å². The van der Waals surface area contributed by atoms with E-state index in [1.165, 1.54) is 0 Å². The molecule has 8 heteroatoms. The molecular weight excluding hydrogens is 179 g/mol. The molecule has 7 nitrogen and oxygen atoms in total. The Kier molecular flexibility index (Phi) is 3.34. The molecule has 0 radical (unpaired) electrons. The fourth-order valence-corrected chi connectivity index (χ4v) is 0.541. The number of aliphatic hydroxyl groups excluding tert-OH is 1. The second-order valence-electron chi connectivity index (χ2n) is 1.45. The van der Waals surface area contributed by atoms with Crippen molar-refractivity contribution in [2.75, 3.05) is 6.61 Å². The Labute approximate surface area is 60.8 Å². The first-order valence-electron chi connectivity index (χ1n) is 2.30. The molecule has 0 aromatic heterocycles. The number of Topliss-reactive ketones (excluding diaryl/α,β-unsaturated/α-hetero) is 1. The zero-order chi connectivity index (χ0) is 9.07. The third-order valence-corrected chi connectivity index (χ3v) is 0.977. The lowest BCUT2D eigenvalue weighted by Crippen LogP contribution is -2.19. The SMILES string of the molecule is O=C(CO)C(=O)OP(=O)(O)O. The van der Waals surface area contributed by atoms with Crippen LogP contribution >= 0.6 is 7.82 Å². The van der Waals surface area contributed by atoms with Crippen molar-refractivity contribution in [1.29, 1.82) is 0 Å². The summed E-state index contributed by atoms with van der Waals surface area (Å²) in [5, 5.41) is 8.00. The van der Waals surface area contributed by atoms with Crippen LogP contribution in [0.4, 0.5) is 0 Å². The number of phosphoric acid groups is 1. The standard InChI is InChI=1S/C3H5O7P/c4-1-2(5)3(6)10-11(7,8)9/h4H,1H2,(H2,7,8,9). The molecule has 0 aliphatic heterocycles. The van der Waals surface area contributed by atoms with Gasteiger partial charge in [0.1, 0.15) is 6.61 Å². The summed E-state index contributed by atoms with van der Waals surface area (Å²) < 4.78 is 13.2. The van der Waals surface area contributed by atoms with Crippen molar-refractivity contribution in [1.82, 2.24) is 0 Å². The predicted molar refractivity (Wildman–Crippen MR) is 30.2 cm³/mol. The van der Waals surface area contributed by atoms with E-state index in [2.05, 4.69) is 4.52 Å². The topological polar surface area (TPSA) is 121 Å². The highest BCUT2D eigenvalue weighted by Gasteiger charge is 2.25. The van der Waals surface area contributed by atoms with Crippen LogP contribution in [-0.2, 0) is 18.7 Å². The smallest absolute Gasteiger partial charge is 0.388 e. The van der Waals surface area contributed by atoms with E-state index in [0.717, 1.165) is 0 Å². The number of ketones is 1. The van der Waals surface area contributed by atoms with Gasteiger partial charge in [-0.15, -0.1) is 0 Å². The minimum absolute atomic E-state index is 1.14. The van der Waals surface area contributed by atoms with Crippen molar-refractivity contribution in [3.05, 3.63) is 0 Å². The summed E-state index contributed by atoms with van der Waals surface area (Å²) >= 11 is 0. The van der Waals surface area contributed by atoms with E-state index in [0.29, 0.717) is 0 Å². The second kappa shape index (κ2) is 3.59. The first-order chi connectivity index (χ1) is 4.87. The van der Waals surface area contributed by atoms with Crippen LogP contribution in [0, 0.1) is 0 Å². The van der Waals surface area contributed by atoms with Gasteiger partial charge in [-0.05, 0) is 0 Å². The number of phosphoric ester groups is 1.